The van der Waals surface area contributed by atoms with Gasteiger partial charge < -0.3 is 10.2 Å². The van der Waals surface area contributed by atoms with Gasteiger partial charge in [-0.15, -0.1) is 4.48 Å². The Morgan fingerprint density at radius 2 is 1.75 bits per heavy atom. The molecule has 0 saturated heterocycles. The van der Waals surface area contributed by atoms with Gasteiger partial charge >= 0.3 is 12.1 Å². The Hall–Kier alpha value is -1.14. The van der Waals surface area contributed by atoms with Crippen LogP contribution in [-0.2, 0) is 4.79 Å². The number of carboxylic acid groups (broad SMARTS) is 2. The minimum atomic E-state index is -1.23. The van der Waals surface area contributed by atoms with E-state index in [4.69, 9.17) is 5.11 Å². The molecule has 1 atom stereocenters. The van der Waals surface area contributed by atoms with Gasteiger partial charge in [-0.25, -0.2) is 4.79 Å². The number of allylic oxidation sites excluding steroid dienone is 2. The van der Waals surface area contributed by atoms with E-state index in [1.165, 1.54) is 12.2 Å². The molecule has 1 aliphatic heterocycles. The fraction of sp³-hybridized carbons (Fsp3) is 0.400. The topological polar surface area (TPSA) is 74.6 Å². The van der Waals surface area contributed by atoms with Crippen molar-refractivity contribution in [1.82, 2.24) is 0 Å². The molecule has 1 heterocycles. The maximum absolute atomic E-state index is 11.5. The molecule has 1 aliphatic rings. The van der Waals surface area contributed by atoms with Gasteiger partial charge in [-0.2, -0.15) is 4.79 Å². The van der Waals surface area contributed by atoms with E-state index in [1.54, 1.807) is 20.8 Å². The molecule has 0 aliphatic carbocycles. The SMILES string of the molecule is CC(C)(C)[N+]1(C(=O)O)C(Br)=CC=C1C(=O)O. The first-order valence-electron chi connectivity index (χ1n) is 4.60. The van der Waals surface area contributed by atoms with Gasteiger partial charge in [0.2, 0.25) is 5.70 Å². The summed E-state index contributed by atoms with van der Waals surface area (Å²) in [6.07, 6.45) is 1.55. The molecular formula is C10H13BrNO4+. The van der Waals surface area contributed by atoms with Crippen molar-refractivity contribution in [3.05, 3.63) is 22.5 Å². The Morgan fingerprint density at radius 3 is 2.00 bits per heavy atom. The number of hydrogen-bond acceptors (Lipinski definition) is 2. The summed E-state index contributed by atoms with van der Waals surface area (Å²) >= 11 is 3.14. The standard InChI is InChI=1S/C10H12BrNO4/c1-10(2,3)12(9(15)16)6(8(13)14)4-5-7(12)11/h4-5H,1-3H3,(H-,13,14,15,16)/p+1. The Kier molecular flexibility index (Phi) is 3.00. The summed E-state index contributed by atoms with van der Waals surface area (Å²) in [6, 6.07) is 0. The van der Waals surface area contributed by atoms with Crippen LogP contribution in [0.2, 0.25) is 0 Å². The number of carbonyl (C=O) groups is 2. The van der Waals surface area contributed by atoms with Gasteiger partial charge in [-0.1, -0.05) is 0 Å². The molecule has 1 unspecified atom stereocenters. The van der Waals surface area contributed by atoms with Gasteiger partial charge in [0, 0.05) is 28.1 Å². The van der Waals surface area contributed by atoms with Crippen LogP contribution in [0.4, 0.5) is 4.79 Å². The fourth-order valence-electron chi connectivity index (χ4n) is 1.86. The first kappa shape index (κ1) is 12.9. The van der Waals surface area contributed by atoms with Crippen LogP contribution in [0, 0.1) is 0 Å². The van der Waals surface area contributed by atoms with E-state index in [0.29, 0.717) is 4.61 Å². The fourth-order valence-corrected chi connectivity index (χ4v) is 2.87. The average Bonchev–Trinajstić information content (AvgIpc) is 2.41. The van der Waals surface area contributed by atoms with Gasteiger partial charge in [0.05, 0.1) is 0 Å². The predicted molar refractivity (Wildman–Crippen MR) is 60.8 cm³/mol. The van der Waals surface area contributed by atoms with Crippen molar-refractivity contribution in [3.8, 4) is 0 Å². The summed E-state index contributed by atoms with van der Waals surface area (Å²) in [5.41, 5.74) is -0.978. The first-order valence-corrected chi connectivity index (χ1v) is 5.39. The Balaban J connectivity index is 3.52. The third-order valence-electron chi connectivity index (χ3n) is 2.57. The van der Waals surface area contributed by atoms with E-state index >= 15 is 0 Å². The molecule has 6 heteroatoms. The molecule has 5 nitrogen and oxygen atoms in total. The Morgan fingerprint density at radius 1 is 1.25 bits per heavy atom. The second kappa shape index (κ2) is 3.71. The lowest BCUT2D eigenvalue weighted by Crippen LogP contribution is -2.60. The zero-order valence-corrected chi connectivity index (χ0v) is 10.8. The highest BCUT2D eigenvalue weighted by atomic mass is 79.9. The van der Waals surface area contributed by atoms with E-state index in [2.05, 4.69) is 15.9 Å². The molecule has 0 bridgehead atoms. The van der Waals surface area contributed by atoms with Crippen LogP contribution in [0.25, 0.3) is 0 Å². The number of quaternary nitrogens is 1. The maximum atomic E-state index is 11.5. The van der Waals surface area contributed by atoms with Gasteiger partial charge in [0.15, 0.2) is 4.61 Å². The second-order valence-corrected chi connectivity index (χ2v) is 5.28. The lowest BCUT2D eigenvalue weighted by atomic mass is 10.0. The first-order chi connectivity index (χ1) is 7.15. The van der Waals surface area contributed by atoms with Crippen LogP contribution in [0.3, 0.4) is 0 Å². The molecule has 1 amide bonds. The van der Waals surface area contributed by atoms with Crippen molar-refractivity contribution in [1.29, 1.82) is 0 Å². The predicted octanol–water partition coefficient (Wildman–Crippen LogP) is 2.50. The van der Waals surface area contributed by atoms with Gasteiger partial charge in [0.1, 0.15) is 5.54 Å². The second-order valence-electron chi connectivity index (χ2n) is 4.47. The minimum Gasteiger partial charge on any atom is -0.474 e. The number of carboxylic acids is 1. The molecule has 0 aromatic carbocycles. The summed E-state index contributed by atoms with van der Waals surface area (Å²) in [7, 11) is 0. The normalized spacial score (nSPS) is 25.0. The van der Waals surface area contributed by atoms with Crippen molar-refractivity contribution in [3.63, 3.8) is 0 Å². The van der Waals surface area contributed by atoms with Crippen LogP contribution in [0.1, 0.15) is 20.8 Å². The molecule has 1 rings (SSSR count). The van der Waals surface area contributed by atoms with E-state index in [0.717, 1.165) is 0 Å². The molecule has 88 valence electrons. The van der Waals surface area contributed by atoms with E-state index in [9.17, 15) is 14.7 Å². The third kappa shape index (κ3) is 1.49. The number of aliphatic carboxylic acids is 1. The van der Waals surface area contributed by atoms with Crippen LogP contribution in [0.15, 0.2) is 22.5 Å². The Bertz CT molecular complexity index is 419. The van der Waals surface area contributed by atoms with Crippen LogP contribution >= 0.6 is 15.9 Å². The summed E-state index contributed by atoms with van der Waals surface area (Å²) in [4.78, 5) is 22.6. The molecule has 0 radical (unpaired) electrons. The smallest absolute Gasteiger partial charge is 0.474 e. The summed E-state index contributed by atoms with van der Waals surface area (Å²) in [6.45, 7) is 5.04. The van der Waals surface area contributed by atoms with Crippen molar-refractivity contribution in [2.75, 3.05) is 0 Å². The lowest BCUT2D eigenvalue weighted by Gasteiger charge is -2.39. The molecule has 0 fully saturated rings. The molecule has 0 aromatic heterocycles. The zero-order chi connectivity index (χ0) is 12.7. The van der Waals surface area contributed by atoms with E-state index in [1.807, 2.05) is 0 Å². The van der Waals surface area contributed by atoms with Crippen LogP contribution in [-0.4, -0.2) is 32.3 Å². The number of rotatable bonds is 1. The maximum Gasteiger partial charge on any atom is 0.525 e. The summed E-state index contributed by atoms with van der Waals surface area (Å²) in [5, 5.41) is 18.5. The lowest BCUT2D eigenvalue weighted by molar-refractivity contribution is -0.816. The average molecular weight is 291 g/mol. The largest absolute Gasteiger partial charge is 0.525 e. The molecular weight excluding hydrogens is 278 g/mol. The minimum absolute atomic E-state index is 0.174. The molecule has 16 heavy (non-hydrogen) atoms. The van der Waals surface area contributed by atoms with Crippen molar-refractivity contribution >= 4 is 28.0 Å². The third-order valence-corrected chi connectivity index (χ3v) is 3.37. The van der Waals surface area contributed by atoms with Crippen molar-refractivity contribution in [2.24, 2.45) is 0 Å². The molecule has 2 N–H and O–H groups in total. The number of amides is 1. The van der Waals surface area contributed by atoms with Gasteiger partial charge in [-0.3, -0.25) is 0 Å². The highest BCUT2D eigenvalue weighted by Crippen LogP contribution is 2.43. The highest BCUT2D eigenvalue weighted by molar-refractivity contribution is 9.11. The summed E-state index contributed by atoms with van der Waals surface area (Å²) < 4.78 is -0.424. The Labute approximate surface area is 101 Å². The zero-order valence-electron chi connectivity index (χ0n) is 9.19. The number of halogens is 1. The summed E-state index contributed by atoms with van der Waals surface area (Å²) in [5.74, 6) is -1.23. The van der Waals surface area contributed by atoms with Crippen molar-refractivity contribution < 1.29 is 24.3 Å². The highest BCUT2D eigenvalue weighted by Gasteiger charge is 2.58. The molecule has 0 spiro atoms. The quantitative estimate of drug-likeness (QED) is 0.575. The number of hydrogen-bond donors (Lipinski definition) is 2. The van der Waals surface area contributed by atoms with Crippen molar-refractivity contribution in [2.45, 2.75) is 26.3 Å². The van der Waals surface area contributed by atoms with Gasteiger partial charge in [0.25, 0.3) is 0 Å². The molecule has 0 saturated carbocycles. The van der Waals surface area contributed by atoms with E-state index < -0.39 is 22.1 Å². The van der Waals surface area contributed by atoms with Gasteiger partial charge in [-0.05, 0) is 20.8 Å². The van der Waals surface area contributed by atoms with E-state index in [-0.39, 0.29) is 5.70 Å². The molecule has 0 aromatic rings. The number of nitrogens with zero attached hydrogens (tertiary/aromatic N) is 1. The monoisotopic (exact) mass is 290 g/mol. The van der Waals surface area contributed by atoms with Crippen LogP contribution < -0.4 is 0 Å². The van der Waals surface area contributed by atoms with Crippen LogP contribution in [0.5, 0.6) is 0 Å².